The van der Waals surface area contributed by atoms with Crippen LogP contribution in [0.5, 0.6) is 0 Å². The molecule has 0 bridgehead atoms. The molecule has 0 spiro atoms. The summed E-state index contributed by atoms with van der Waals surface area (Å²) in [7, 11) is 1.71. The number of halogens is 1. The van der Waals surface area contributed by atoms with Crippen LogP contribution in [0.2, 0.25) is 0 Å². The van der Waals surface area contributed by atoms with E-state index in [1.165, 1.54) is 6.07 Å². The van der Waals surface area contributed by atoms with Gasteiger partial charge in [-0.05, 0) is 48.4 Å². The number of hydrogen-bond donors (Lipinski definition) is 1. The number of methoxy groups -OCH3 is 1. The average molecular weight is 251 g/mol. The first-order valence-corrected chi connectivity index (χ1v) is 6.68. The van der Waals surface area contributed by atoms with Gasteiger partial charge in [0, 0.05) is 13.7 Å². The Hall–Kier alpha value is -0.930. The zero-order chi connectivity index (χ0) is 13.0. The topological polar surface area (TPSA) is 21.3 Å². The molecule has 0 radical (unpaired) electrons. The molecule has 0 aliphatic heterocycles. The van der Waals surface area contributed by atoms with Crippen molar-refractivity contribution in [3.63, 3.8) is 0 Å². The van der Waals surface area contributed by atoms with Crippen LogP contribution < -0.4 is 5.32 Å². The maximum atomic E-state index is 13.3. The van der Waals surface area contributed by atoms with Crippen molar-refractivity contribution in [2.24, 2.45) is 5.92 Å². The highest BCUT2D eigenvalue weighted by Crippen LogP contribution is 2.56. The Morgan fingerprint density at radius 2 is 2.33 bits per heavy atom. The Kier molecular flexibility index (Phi) is 4.36. The average Bonchev–Trinajstić information content (AvgIpc) is 3.10. The Morgan fingerprint density at radius 1 is 1.50 bits per heavy atom. The summed E-state index contributed by atoms with van der Waals surface area (Å²) in [5, 5.41) is 3.40. The van der Waals surface area contributed by atoms with Crippen LogP contribution in [0.3, 0.4) is 0 Å². The highest BCUT2D eigenvalue weighted by Gasteiger charge is 2.53. The van der Waals surface area contributed by atoms with Gasteiger partial charge in [0.25, 0.3) is 0 Å². The third kappa shape index (κ3) is 2.73. The van der Waals surface area contributed by atoms with Crippen molar-refractivity contribution in [3.8, 4) is 0 Å². The second kappa shape index (κ2) is 5.81. The van der Waals surface area contributed by atoms with Crippen LogP contribution in [0.1, 0.15) is 25.3 Å². The van der Waals surface area contributed by atoms with E-state index in [1.807, 2.05) is 6.07 Å². The number of hydrogen-bond acceptors (Lipinski definition) is 2. The van der Waals surface area contributed by atoms with Crippen LogP contribution in [0, 0.1) is 11.7 Å². The van der Waals surface area contributed by atoms with Gasteiger partial charge in [0.2, 0.25) is 0 Å². The minimum absolute atomic E-state index is 0.127. The fourth-order valence-corrected chi connectivity index (χ4v) is 2.89. The summed E-state index contributed by atoms with van der Waals surface area (Å²) in [6.07, 6.45) is 2.24. The van der Waals surface area contributed by atoms with Gasteiger partial charge in [-0.15, -0.1) is 0 Å². The largest absolute Gasteiger partial charge is 0.383 e. The highest BCUT2D eigenvalue weighted by molar-refractivity contribution is 5.34. The third-order valence-electron chi connectivity index (χ3n) is 4.14. The molecule has 1 N–H and O–H groups in total. The Bertz CT molecular complexity index is 396. The lowest BCUT2D eigenvalue weighted by Gasteiger charge is -2.16. The Morgan fingerprint density at radius 3 is 3.00 bits per heavy atom. The van der Waals surface area contributed by atoms with Gasteiger partial charge in [0.15, 0.2) is 0 Å². The lowest BCUT2D eigenvalue weighted by atomic mass is 9.90. The van der Waals surface area contributed by atoms with Crippen LogP contribution in [-0.4, -0.2) is 26.8 Å². The van der Waals surface area contributed by atoms with Crippen LogP contribution in [0.15, 0.2) is 24.3 Å². The molecule has 1 fully saturated rings. The van der Waals surface area contributed by atoms with E-state index in [9.17, 15) is 4.39 Å². The summed E-state index contributed by atoms with van der Waals surface area (Å²) in [6.45, 7) is 4.82. The van der Waals surface area contributed by atoms with Gasteiger partial charge in [-0.2, -0.15) is 0 Å². The van der Waals surface area contributed by atoms with E-state index in [4.69, 9.17) is 4.74 Å². The van der Waals surface area contributed by atoms with Crippen molar-refractivity contribution >= 4 is 0 Å². The summed E-state index contributed by atoms with van der Waals surface area (Å²) < 4.78 is 18.3. The zero-order valence-electron chi connectivity index (χ0n) is 11.2. The van der Waals surface area contributed by atoms with Gasteiger partial charge >= 0.3 is 0 Å². The summed E-state index contributed by atoms with van der Waals surface area (Å²) >= 11 is 0. The van der Waals surface area contributed by atoms with E-state index < -0.39 is 0 Å². The molecule has 2 unspecified atom stereocenters. The summed E-state index contributed by atoms with van der Waals surface area (Å²) in [5.41, 5.74) is 1.35. The van der Waals surface area contributed by atoms with Crippen molar-refractivity contribution in [2.45, 2.75) is 25.2 Å². The van der Waals surface area contributed by atoms with Crippen LogP contribution in [0.25, 0.3) is 0 Å². The summed E-state index contributed by atoms with van der Waals surface area (Å²) in [5.74, 6) is 0.500. The molecular formula is C15H22FNO. The maximum Gasteiger partial charge on any atom is 0.123 e. The van der Waals surface area contributed by atoms with E-state index in [-0.39, 0.29) is 11.2 Å². The van der Waals surface area contributed by atoms with Gasteiger partial charge in [-0.25, -0.2) is 4.39 Å². The summed E-state index contributed by atoms with van der Waals surface area (Å²) in [6, 6.07) is 7.08. The van der Waals surface area contributed by atoms with Crippen molar-refractivity contribution < 1.29 is 9.13 Å². The number of benzene rings is 1. The fraction of sp³-hybridized carbons (Fsp3) is 0.600. The SMILES string of the molecule is CCC1(c2cccc(F)c2)CC1CNCCOC. The lowest BCUT2D eigenvalue weighted by Crippen LogP contribution is -2.24. The molecule has 3 heteroatoms. The predicted octanol–water partition coefficient (Wildman–Crippen LogP) is 2.73. The van der Waals surface area contributed by atoms with Crippen molar-refractivity contribution in [3.05, 3.63) is 35.6 Å². The highest BCUT2D eigenvalue weighted by atomic mass is 19.1. The monoisotopic (exact) mass is 251 g/mol. The number of ether oxygens (including phenoxy) is 1. The quantitative estimate of drug-likeness (QED) is 0.752. The Labute approximate surface area is 109 Å². The number of rotatable bonds is 7. The van der Waals surface area contributed by atoms with Gasteiger partial charge in [-0.1, -0.05) is 19.1 Å². The molecule has 0 heterocycles. The van der Waals surface area contributed by atoms with Crippen LogP contribution >= 0.6 is 0 Å². The first-order valence-electron chi connectivity index (χ1n) is 6.68. The molecule has 1 aromatic carbocycles. The summed E-state index contributed by atoms with van der Waals surface area (Å²) in [4.78, 5) is 0. The lowest BCUT2D eigenvalue weighted by molar-refractivity contribution is 0.199. The van der Waals surface area contributed by atoms with Crippen molar-refractivity contribution in [2.75, 3.05) is 26.8 Å². The van der Waals surface area contributed by atoms with Crippen LogP contribution in [-0.2, 0) is 10.2 Å². The predicted molar refractivity (Wildman–Crippen MR) is 71.2 cm³/mol. The van der Waals surface area contributed by atoms with Crippen LogP contribution in [0.4, 0.5) is 4.39 Å². The second-order valence-corrected chi connectivity index (χ2v) is 5.12. The second-order valence-electron chi connectivity index (χ2n) is 5.12. The van der Waals surface area contributed by atoms with Crippen molar-refractivity contribution in [1.29, 1.82) is 0 Å². The molecule has 0 saturated heterocycles. The third-order valence-corrected chi connectivity index (χ3v) is 4.14. The molecule has 1 aliphatic carbocycles. The van der Waals surface area contributed by atoms with E-state index in [0.29, 0.717) is 5.92 Å². The van der Waals surface area contributed by atoms with E-state index >= 15 is 0 Å². The molecular weight excluding hydrogens is 229 g/mol. The molecule has 1 aromatic rings. The molecule has 18 heavy (non-hydrogen) atoms. The van der Waals surface area contributed by atoms with Gasteiger partial charge in [-0.3, -0.25) is 0 Å². The molecule has 0 aromatic heterocycles. The minimum atomic E-state index is -0.127. The van der Waals surface area contributed by atoms with Gasteiger partial charge in [0.05, 0.1) is 6.61 Å². The maximum absolute atomic E-state index is 13.3. The van der Waals surface area contributed by atoms with Gasteiger partial charge < -0.3 is 10.1 Å². The molecule has 1 aliphatic rings. The fourth-order valence-electron chi connectivity index (χ4n) is 2.89. The molecule has 0 amide bonds. The van der Waals surface area contributed by atoms with E-state index in [0.717, 1.165) is 38.1 Å². The Balaban J connectivity index is 1.94. The standard InChI is InChI=1S/C15H22FNO/c1-3-15(12-5-4-6-14(16)9-12)10-13(15)11-17-7-8-18-2/h4-6,9,13,17H,3,7-8,10-11H2,1-2H3. The van der Waals surface area contributed by atoms with Crippen molar-refractivity contribution in [1.82, 2.24) is 5.32 Å². The zero-order valence-corrected chi connectivity index (χ0v) is 11.2. The minimum Gasteiger partial charge on any atom is -0.383 e. The molecule has 2 nitrogen and oxygen atoms in total. The molecule has 2 rings (SSSR count). The molecule has 1 saturated carbocycles. The van der Waals surface area contributed by atoms with Gasteiger partial charge in [0.1, 0.15) is 5.82 Å². The number of nitrogens with one attached hydrogen (secondary N) is 1. The first kappa shape index (κ1) is 13.5. The van der Waals surface area contributed by atoms with E-state index in [2.05, 4.69) is 18.3 Å². The smallest absolute Gasteiger partial charge is 0.123 e. The first-order chi connectivity index (χ1) is 8.73. The molecule has 2 atom stereocenters. The van der Waals surface area contributed by atoms with E-state index in [1.54, 1.807) is 13.2 Å². The normalized spacial score (nSPS) is 26.3. The molecule has 100 valence electrons.